The monoisotopic (exact) mass is 543 g/mol. The zero-order chi connectivity index (χ0) is 28.5. The van der Waals surface area contributed by atoms with Gasteiger partial charge in [0.15, 0.2) is 0 Å². The van der Waals surface area contributed by atoms with Crippen LogP contribution in [0.2, 0.25) is 0 Å². The van der Waals surface area contributed by atoms with Gasteiger partial charge in [0.1, 0.15) is 0 Å². The van der Waals surface area contributed by atoms with E-state index in [1.54, 1.807) is 23.1 Å². The third-order valence-electron chi connectivity index (χ3n) is 7.45. The minimum absolute atomic E-state index is 0.0514. The molecule has 0 radical (unpaired) electrons. The molecule has 2 saturated heterocycles. The highest BCUT2D eigenvalue weighted by atomic mass is 19.4. The van der Waals surface area contributed by atoms with Crippen LogP contribution in [0.4, 0.5) is 18.9 Å². The predicted octanol–water partition coefficient (Wildman–Crippen LogP) is 2.85. The molecule has 0 bridgehead atoms. The molecule has 3 heterocycles. The number of hydrogen-bond donors (Lipinski definition) is 1. The number of likely N-dealkylation sites (N-methyl/N-ethyl adjacent to an activating group) is 1. The quantitative estimate of drug-likeness (QED) is 0.602. The summed E-state index contributed by atoms with van der Waals surface area (Å²) in [6.45, 7) is 6.22. The van der Waals surface area contributed by atoms with Crippen molar-refractivity contribution >= 4 is 17.5 Å². The molecular weight excluding hydrogens is 511 g/mol. The van der Waals surface area contributed by atoms with Crippen LogP contribution in [0.1, 0.15) is 54.6 Å². The first-order valence-electron chi connectivity index (χ1n) is 12.9. The lowest BCUT2D eigenvalue weighted by atomic mass is 10.0. The highest BCUT2D eigenvalue weighted by Gasteiger charge is 2.36. The number of piperazine rings is 1. The van der Waals surface area contributed by atoms with Crippen molar-refractivity contribution in [2.45, 2.75) is 51.4 Å². The number of nitrogens with two attached hydrogens (primary N) is 1. The van der Waals surface area contributed by atoms with E-state index >= 15 is 0 Å². The van der Waals surface area contributed by atoms with E-state index in [2.05, 4.69) is 28.6 Å². The molecule has 2 fully saturated rings. The molecule has 2 aromatic rings. The lowest BCUT2D eigenvalue weighted by Gasteiger charge is -2.39. The minimum atomic E-state index is -4.92. The molecule has 0 saturated carbocycles. The smallest absolute Gasteiger partial charge is 0.367 e. The number of nitrogens with zero attached hydrogens (tertiary/aromatic N) is 4. The van der Waals surface area contributed by atoms with E-state index in [0.29, 0.717) is 42.6 Å². The van der Waals surface area contributed by atoms with Crippen molar-refractivity contribution in [1.82, 2.24) is 14.4 Å². The van der Waals surface area contributed by atoms with Crippen molar-refractivity contribution in [2.24, 2.45) is 5.73 Å². The summed E-state index contributed by atoms with van der Waals surface area (Å²) in [5, 5.41) is 0. The second-order valence-electron chi connectivity index (χ2n) is 10.1. The normalized spacial score (nSPS) is 20.4. The number of hydrogen-bond acceptors (Lipinski definition) is 5. The molecule has 0 spiro atoms. The maximum Gasteiger partial charge on any atom is 0.417 e. The number of carbonyl (C=O) groups excluding carboxylic acids is 2. The van der Waals surface area contributed by atoms with E-state index in [-0.39, 0.29) is 18.0 Å². The van der Waals surface area contributed by atoms with Crippen molar-refractivity contribution < 1.29 is 22.8 Å². The summed E-state index contributed by atoms with van der Waals surface area (Å²) in [5.74, 6) is 4.91. The first-order chi connectivity index (χ1) is 18.4. The molecule has 2 aliphatic rings. The van der Waals surface area contributed by atoms with Gasteiger partial charge in [0.25, 0.3) is 11.5 Å². The van der Waals surface area contributed by atoms with Gasteiger partial charge in [0.2, 0.25) is 5.91 Å². The molecule has 208 valence electrons. The average molecular weight is 544 g/mol. The van der Waals surface area contributed by atoms with Crippen LogP contribution in [-0.4, -0.2) is 71.5 Å². The maximum absolute atomic E-state index is 13.6. The van der Waals surface area contributed by atoms with Gasteiger partial charge in [-0.25, -0.2) is 0 Å². The Labute approximate surface area is 225 Å². The summed E-state index contributed by atoms with van der Waals surface area (Å²) in [5.41, 5.74) is 3.63. The van der Waals surface area contributed by atoms with Gasteiger partial charge >= 0.3 is 6.18 Å². The van der Waals surface area contributed by atoms with Gasteiger partial charge < -0.3 is 20.4 Å². The third-order valence-corrected chi connectivity index (χ3v) is 7.45. The van der Waals surface area contributed by atoms with E-state index in [4.69, 9.17) is 5.73 Å². The summed E-state index contributed by atoms with van der Waals surface area (Å²) in [7, 11) is 2.01. The van der Waals surface area contributed by atoms with Crippen molar-refractivity contribution in [2.75, 3.05) is 38.1 Å². The number of piperidine rings is 1. The Morgan fingerprint density at radius 3 is 2.46 bits per heavy atom. The van der Waals surface area contributed by atoms with Crippen LogP contribution >= 0.6 is 0 Å². The Balaban J connectivity index is 1.85. The summed E-state index contributed by atoms with van der Waals surface area (Å²) in [6.07, 6.45) is -1.45. The second-order valence-corrected chi connectivity index (χ2v) is 10.1. The summed E-state index contributed by atoms with van der Waals surface area (Å²) in [6, 6.07) is 5.57. The van der Waals surface area contributed by atoms with E-state index in [9.17, 15) is 27.6 Å². The number of rotatable bonds is 3. The van der Waals surface area contributed by atoms with Crippen molar-refractivity contribution in [3.8, 4) is 17.5 Å². The lowest BCUT2D eigenvalue weighted by molar-refractivity contribution is -0.138. The topological polar surface area (TPSA) is 91.9 Å². The standard InChI is InChI=1S/C28H32F3N5O3/c1-18-16-34(13-12-33(18)3)24-10-8-20(7-9-21-6-4-5-11-35(21)19(2)37)14-25(24)36-17-22(27(32)39)23(15-26(36)38)28(29,30)31/h8,10,14-15,17-18,21H,4-6,11-13,16H2,1-3H3,(H2,32,39)/t18-,21?/m0/s1. The van der Waals surface area contributed by atoms with Crippen molar-refractivity contribution in [3.63, 3.8) is 0 Å². The van der Waals surface area contributed by atoms with Gasteiger partial charge in [-0.2, -0.15) is 13.2 Å². The van der Waals surface area contributed by atoms with Gasteiger partial charge in [0, 0.05) is 57.0 Å². The zero-order valence-electron chi connectivity index (χ0n) is 22.2. The molecule has 2 amide bonds. The fourth-order valence-corrected chi connectivity index (χ4v) is 5.11. The Bertz CT molecular complexity index is 1390. The molecule has 11 heteroatoms. The first kappa shape index (κ1) is 28.2. The number of alkyl halides is 3. The molecule has 1 aromatic heterocycles. The number of likely N-dealkylation sites (tertiary alicyclic amines) is 1. The second kappa shape index (κ2) is 11.1. The van der Waals surface area contributed by atoms with Gasteiger partial charge in [0.05, 0.1) is 28.5 Å². The highest BCUT2D eigenvalue weighted by Crippen LogP contribution is 2.33. The van der Waals surface area contributed by atoms with Gasteiger partial charge in [-0.1, -0.05) is 11.8 Å². The predicted molar refractivity (Wildman–Crippen MR) is 142 cm³/mol. The maximum atomic E-state index is 13.6. The highest BCUT2D eigenvalue weighted by molar-refractivity contribution is 5.94. The molecule has 4 rings (SSSR count). The number of carbonyl (C=O) groups is 2. The van der Waals surface area contributed by atoms with Crippen LogP contribution in [0.15, 0.2) is 35.3 Å². The Kier molecular flexibility index (Phi) is 8.07. The van der Waals surface area contributed by atoms with Crippen LogP contribution < -0.4 is 16.2 Å². The van der Waals surface area contributed by atoms with Gasteiger partial charge in [-0.05, 0) is 51.4 Å². The van der Waals surface area contributed by atoms with E-state index in [0.717, 1.165) is 36.6 Å². The molecule has 39 heavy (non-hydrogen) atoms. The molecule has 2 atom stereocenters. The number of amides is 2. The van der Waals surface area contributed by atoms with E-state index in [1.165, 1.54) is 6.92 Å². The molecule has 2 aliphatic heterocycles. The minimum Gasteiger partial charge on any atom is -0.367 e. The Morgan fingerprint density at radius 1 is 1.08 bits per heavy atom. The number of pyridine rings is 1. The van der Waals surface area contributed by atoms with E-state index in [1.807, 2.05) is 7.05 Å². The number of benzene rings is 1. The zero-order valence-corrected chi connectivity index (χ0v) is 22.2. The lowest BCUT2D eigenvalue weighted by Crippen LogP contribution is -2.50. The molecule has 1 aromatic carbocycles. The number of aromatic nitrogens is 1. The third kappa shape index (κ3) is 6.11. The van der Waals surface area contributed by atoms with Crippen LogP contribution in [0.25, 0.3) is 5.69 Å². The van der Waals surface area contributed by atoms with Crippen LogP contribution in [0, 0.1) is 11.8 Å². The van der Waals surface area contributed by atoms with Crippen LogP contribution in [0.5, 0.6) is 0 Å². The largest absolute Gasteiger partial charge is 0.417 e. The van der Waals surface area contributed by atoms with Crippen molar-refractivity contribution in [1.29, 1.82) is 0 Å². The molecule has 8 nitrogen and oxygen atoms in total. The Morgan fingerprint density at radius 2 is 1.82 bits per heavy atom. The fraction of sp³-hybridized carbons (Fsp3) is 0.464. The summed E-state index contributed by atoms with van der Waals surface area (Å²) < 4.78 is 41.8. The number of halogens is 3. The van der Waals surface area contributed by atoms with Gasteiger partial charge in [-0.3, -0.25) is 19.0 Å². The fourth-order valence-electron chi connectivity index (χ4n) is 5.11. The number of primary amides is 1. The first-order valence-corrected chi connectivity index (χ1v) is 12.9. The van der Waals surface area contributed by atoms with Crippen LogP contribution in [-0.2, 0) is 11.0 Å². The van der Waals surface area contributed by atoms with E-state index < -0.39 is 28.8 Å². The summed E-state index contributed by atoms with van der Waals surface area (Å²) >= 11 is 0. The average Bonchev–Trinajstić information content (AvgIpc) is 2.88. The summed E-state index contributed by atoms with van der Waals surface area (Å²) in [4.78, 5) is 43.1. The molecule has 0 aliphatic carbocycles. The molecular formula is C28H32F3N5O3. The number of anilines is 1. The molecule has 2 N–H and O–H groups in total. The van der Waals surface area contributed by atoms with Crippen LogP contribution in [0.3, 0.4) is 0 Å². The van der Waals surface area contributed by atoms with Gasteiger partial charge in [-0.15, -0.1) is 0 Å². The molecule has 1 unspecified atom stereocenters. The SMILES string of the molecule is CC(=O)N1CCCCC1C#Cc1ccc(N2CCN(C)[C@@H](C)C2)c(-n2cc(C(N)=O)c(C(F)(F)F)cc2=O)c1. The van der Waals surface area contributed by atoms with Crippen molar-refractivity contribution in [3.05, 3.63) is 57.5 Å². The Hall–Kier alpha value is -3.78.